The van der Waals surface area contributed by atoms with Gasteiger partial charge in [0.2, 0.25) is 0 Å². The van der Waals surface area contributed by atoms with Crippen LogP contribution in [0.3, 0.4) is 0 Å². The smallest absolute Gasteiger partial charge is 0.127 e. The van der Waals surface area contributed by atoms with Gasteiger partial charge in [-0.1, -0.05) is 24.1 Å². The molecule has 1 nitrogen and oxygen atoms in total. The first-order valence-corrected chi connectivity index (χ1v) is 7.14. The third-order valence-electron chi connectivity index (χ3n) is 4.76. The van der Waals surface area contributed by atoms with Crippen LogP contribution in [-0.2, 0) is 6.42 Å². The van der Waals surface area contributed by atoms with E-state index in [9.17, 15) is 9.50 Å². The summed E-state index contributed by atoms with van der Waals surface area (Å²) in [5.41, 5.74) is 0.467. The van der Waals surface area contributed by atoms with Gasteiger partial charge in [-0.3, -0.25) is 0 Å². The third kappa shape index (κ3) is 2.17. The van der Waals surface area contributed by atoms with Crippen LogP contribution in [-0.4, -0.2) is 11.2 Å². The molecule has 4 atom stereocenters. The van der Waals surface area contributed by atoms with Crippen LogP contribution in [0.15, 0.2) is 18.2 Å². The van der Waals surface area contributed by atoms with Gasteiger partial charge in [-0.15, -0.1) is 0 Å². The number of hydrogen-bond donors (Lipinski definition) is 1. The summed E-state index contributed by atoms with van der Waals surface area (Å²) in [6.07, 6.45) is 4.81. The number of fused-ring (bicyclic) bond motifs is 2. The molecule has 0 aromatic heterocycles. The highest BCUT2D eigenvalue weighted by molar-refractivity contribution is 6.31. The van der Waals surface area contributed by atoms with Crippen molar-refractivity contribution in [3.8, 4) is 0 Å². The van der Waals surface area contributed by atoms with Gasteiger partial charge in [0.1, 0.15) is 5.82 Å². The normalized spacial score (nSPS) is 31.8. The van der Waals surface area contributed by atoms with E-state index in [1.54, 1.807) is 12.1 Å². The lowest BCUT2D eigenvalue weighted by Gasteiger charge is -2.27. The fraction of sp³-hybridized carbons (Fsp3) is 0.600. The molecule has 0 amide bonds. The van der Waals surface area contributed by atoms with E-state index < -0.39 is 6.10 Å². The van der Waals surface area contributed by atoms with E-state index in [-0.39, 0.29) is 5.82 Å². The molecular formula is C15H18ClFO. The summed E-state index contributed by atoms with van der Waals surface area (Å²) >= 11 is 6.01. The molecule has 2 saturated carbocycles. The molecule has 18 heavy (non-hydrogen) atoms. The molecule has 98 valence electrons. The van der Waals surface area contributed by atoms with Gasteiger partial charge < -0.3 is 5.11 Å². The van der Waals surface area contributed by atoms with Crippen LogP contribution in [0.5, 0.6) is 0 Å². The van der Waals surface area contributed by atoms with Crippen LogP contribution in [0, 0.1) is 23.6 Å². The molecule has 1 aromatic rings. The fourth-order valence-electron chi connectivity index (χ4n) is 3.85. The molecule has 4 unspecified atom stereocenters. The second-order valence-electron chi connectivity index (χ2n) is 5.81. The highest BCUT2D eigenvalue weighted by Gasteiger charge is 2.42. The highest BCUT2D eigenvalue weighted by Crippen LogP contribution is 2.50. The van der Waals surface area contributed by atoms with Gasteiger partial charge >= 0.3 is 0 Å². The number of hydrogen-bond acceptors (Lipinski definition) is 1. The van der Waals surface area contributed by atoms with Crippen molar-refractivity contribution in [2.45, 2.75) is 38.2 Å². The van der Waals surface area contributed by atoms with Crippen molar-refractivity contribution in [2.75, 3.05) is 0 Å². The minimum absolute atomic E-state index is 0.301. The molecule has 3 heteroatoms. The van der Waals surface area contributed by atoms with Crippen LogP contribution in [0.25, 0.3) is 0 Å². The van der Waals surface area contributed by atoms with Crippen LogP contribution in [0.4, 0.5) is 4.39 Å². The van der Waals surface area contributed by atoms with Gasteiger partial charge in [-0.25, -0.2) is 4.39 Å². The largest absolute Gasteiger partial charge is 0.392 e. The molecule has 3 rings (SSSR count). The minimum atomic E-state index is -0.449. The van der Waals surface area contributed by atoms with Crippen LogP contribution in [0.1, 0.15) is 31.2 Å². The van der Waals surface area contributed by atoms with Gasteiger partial charge in [0.15, 0.2) is 0 Å². The first-order chi connectivity index (χ1) is 8.65. The molecule has 1 N–H and O–H groups in total. The molecule has 0 radical (unpaired) electrons. The molecule has 0 heterocycles. The summed E-state index contributed by atoms with van der Waals surface area (Å²) in [4.78, 5) is 0. The monoisotopic (exact) mass is 268 g/mol. The zero-order chi connectivity index (χ0) is 12.7. The standard InChI is InChI=1S/C15H18ClFO/c16-13-2-1-3-14(17)12(13)8-15(18)11-7-9-4-5-10(11)6-9/h1-3,9-11,15,18H,4-8H2. The molecule has 2 bridgehead atoms. The summed E-state index contributed by atoms with van der Waals surface area (Å²) in [6, 6.07) is 4.70. The maximum Gasteiger partial charge on any atom is 0.127 e. The summed E-state index contributed by atoms with van der Waals surface area (Å²) < 4.78 is 13.7. The van der Waals surface area contributed by atoms with Gasteiger partial charge in [0, 0.05) is 17.0 Å². The zero-order valence-electron chi connectivity index (χ0n) is 10.3. The average molecular weight is 269 g/mol. The highest BCUT2D eigenvalue weighted by atomic mass is 35.5. The molecule has 0 saturated heterocycles. The maximum absolute atomic E-state index is 13.7. The average Bonchev–Trinajstić information content (AvgIpc) is 2.96. The second kappa shape index (κ2) is 4.82. The Morgan fingerprint density at radius 2 is 2.17 bits per heavy atom. The lowest BCUT2D eigenvalue weighted by Crippen LogP contribution is -2.28. The van der Waals surface area contributed by atoms with Gasteiger partial charge in [-0.2, -0.15) is 0 Å². The van der Waals surface area contributed by atoms with Crippen molar-refractivity contribution in [3.05, 3.63) is 34.6 Å². The number of aliphatic hydroxyl groups excluding tert-OH is 1. The number of benzene rings is 1. The Morgan fingerprint density at radius 1 is 1.33 bits per heavy atom. The molecule has 2 aliphatic carbocycles. The SMILES string of the molecule is OC(Cc1c(F)cccc1Cl)C1CC2CCC1C2. The summed E-state index contributed by atoms with van der Waals surface area (Å²) in [5, 5.41) is 10.8. The Hall–Kier alpha value is -0.600. The first kappa shape index (κ1) is 12.4. The summed E-state index contributed by atoms with van der Waals surface area (Å²) in [6.45, 7) is 0. The number of halogens is 2. The Morgan fingerprint density at radius 3 is 2.78 bits per heavy atom. The van der Waals surface area contributed by atoms with Crippen molar-refractivity contribution in [1.82, 2.24) is 0 Å². The summed E-state index contributed by atoms with van der Waals surface area (Å²) in [5.74, 6) is 1.49. The Bertz CT molecular complexity index is 428. The van der Waals surface area contributed by atoms with Crippen molar-refractivity contribution >= 4 is 11.6 Å². The predicted molar refractivity (Wildman–Crippen MR) is 70.1 cm³/mol. The topological polar surface area (TPSA) is 20.2 Å². The van der Waals surface area contributed by atoms with Gasteiger partial charge in [0.25, 0.3) is 0 Å². The van der Waals surface area contributed by atoms with E-state index in [1.807, 2.05) is 0 Å². The molecular weight excluding hydrogens is 251 g/mol. The van der Waals surface area contributed by atoms with Crippen molar-refractivity contribution in [1.29, 1.82) is 0 Å². The van der Waals surface area contributed by atoms with E-state index >= 15 is 0 Å². The second-order valence-corrected chi connectivity index (χ2v) is 6.22. The zero-order valence-corrected chi connectivity index (χ0v) is 11.0. The quantitative estimate of drug-likeness (QED) is 0.884. The van der Waals surface area contributed by atoms with Crippen molar-refractivity contribution < 1.29 is 9.50 Å². The number of aliphatic hydroxyl groups is 1. The molecule has 0 aliphatic heterocycles. The van der Waals surface area contributed by atoms with E-state index in [0.717, 1.165) is 12.3 Å². The number of rotatable bonds is 3. The molecule has 2 aliphatic rings. The third-order valence-corrected chi connectivity index (χ3v) is 5.12. The van der Waals surface area contributed by atoms with Crippen LogP contribution >= 0.6 is 11.6 Å². The molecule has 0 spiro atoms. The molecule has 2 fully saturated rings. The van der Waals surface area contributed by atoms with Crippen LogP contribution in [0.2, 0.25) is 5.02 Å². The first-order valence-electron chi connectivity index (χ1n) is 6.76. The summed E-state index contributed by atoms with van der Waals surface area (Å²) in [7, 11) is 0. The van der Waals surface area contributed by atoms with E-state index in [1.165, 1.54) is 25.3 Å². The van der Waals surface area contributed by atoms with Crippen molar-refractivity contribution in [3.63, 3.8) is 0 Å². The van der Waals surface area contributed by atoms with Crippen molar-refractivity contribution in [2.24, 2.45) is 17.8 Å². The van der Waals surface area contributed by atoms with E-state index in [4.69, 9.17) is 11.6 Å². The van der Waals surface area contributed by atoms with Gasteiger partial charge in [-0.05, 0) is 49.1 Å². The lowest BCUT2D eigenvalue weighted by molar-refractivity contribution is 0.0744. The maximum atomic E-state index is 13.7. The Balaban J connectivity index is 1.73. The van der Waals surface area contributed by atoms with Crippen LogP contribution < -0.4 is 0 Å². The lowest BCUT2D eigenvalue weighted by atomic mass is 9.82. The minimum Gasteiger partial charge on any atom is -0.392 e. The predicted octanol–water partition coefficient (Wildman–Crippen LogP) is 3.82. The van der Waals surface area contributed by atoms with E-state index in [2.05, 4.69) is 0 Å². The molecule has 1 aromatic carbocycles. The Labute approximate surface area is 112 Å². The Kier molecular flexibility index (Phi) is 3.33. The van der Waals surface area contributed by atoms with E-state index in [0.29, 0.717) is 28.8 Å². The van der Waals surface area contributed by atoms with Gasteiger partial charge in [0.05, 0.1) is 6.10 Å². The fourth-order valence-corrected chi connectivity index (χ4v) is 4.09.